The van der Waals surface area contributed by atoms with Crippen LogP contribution in [0.3, 0.4) is 0 Å². The quantitative estimate of drug-likeness (QED) is 0.464. The topological polar surface area (TPSA) is 110 Å². The van der Waals surface area contributed by atoms with Crippen LogP contribution in [0.4, 0.5) is 0 Å². The maximum Gasteiger partial charge on any atom is 0.338 e. The average Bonchev–Trinajstić information content (AvgIpc) is 2.82. The number of sulfonamides is 2. The predicted octanol–water partition coefficient (Wildman–Crippen LogP) is 2.81. The predicted molar refractivity (Wildman–Crippen MR) is 124 cm³/mol. The highest BCUT2D eigenvalue weighted by Gasteiger charge is 2.23. The Balaban J connectivity index is 1.79. The van der Waals surface area contributed by atoms with Crippen LogP contribution in [0.2, 0.25) is 0 Å². The lowest BCUT2D eigenvalue weighted by atomic mass is 10.1. The molecule has 0 fully saturated rings. The smallest absolute Gasteiger partial charge is 0.338 e. The van der Waals surface area contributed by atoms with Crippen LogP contribution in [0.1, 0.15) is 22.0 Å². The normalized spacial score (nSPS) is 12.9. The zero-order valence-electron chi connectivity index (χ0n) is 18.1. The van der Waals surface area contributed by atoms with E-state index in [4.69, 9.17) is 4.74 Å². The second kappa shape index (κ2) is 10.3. The zero-order chi connectivity index (χ0) is 24.1. The Bertz CT molecular complexity index is 1290. The van der Waals surface area contributed by atoms with Gasteiger partial charge in [-0.1, -0.05) is 48.5 Å². The van der Waals surface area contributed by atoms with Crippen LogP contribution in [0.15, 0.2) is 94.7 Å². The molecule has 8 nitrogen and oxygen atoms in total. The SMILES string of the molecule is CN(C)S(=O)(=O)c1ccc(C(=O)O[C@@H](CNS(=O)(=O)c2ccccc2)c2ccccc2)cc1. The average molecular weight is 489 g/mol. The first-order valence-electron chi connectivity index (χ1n) is 9.94. The number of nitrogens with one attached hydrogen (secondary N) is 1. The van der Waals surface area contributed by atoms with Crippen molar-refractivity contribution in [3.05, 3.63) is 96.1 Å². The van der Waals surface area contributed by atoms with Gasteiger partial charge in [0.05, 0.1) is 21.9 Å². The summed E-state index contributed by atoms with van der Waals surface area (Å²) in [6.07, 6.45) is -0.901. The summed E-state index contributed by atoms with van der Waals surface area (Å²) in [5.41, 5.74) is 0.743. The molecule has 0 saturated heterocycles. The van der Waals surface area contributed by atoms with Crippen molar-refractivity contribution < 1.29 is 26.4 Å². The lowest BCUT2D eigenvalue weighted by Crippen LogP contribution is -2.30. The van der Waals surface area contributed by atoms with Crippen molar-refractivity contribution in [3.8, 4) is 0 Å². The minimum Gasteiger partial charge on any atom is -0.452 e. The van der Waals surface area contributed by atoms with Gasteiger partial charge in [-0.2, -0.15) is 0 Å². The molecule has 0 radical (unpaired) electrons. The number of nitrogens with zero attached hydrogens (tertiary/aromatic N) is 1. The number of benzene rings is 3. The Hall–Kier alpha value is -3.05. The van der Waals surface area contributed by atoms with Gasteiger partial charge in [-0.25, -0.2) is 30.7 Å². The molecule has 3 aromatic rings. The van der Waals surface area contributed by atoms with E-state index in [0.29, 0.717) is 5.56 Å². The number of hydrogen-bond donors (Lipinski definition) is 1. The molecule has 3 aromatic carbocycles. The molecule has 0 spiro atoms. The van der Waals surface area contributed by atoms with Crippen molar-refractivity contribution in [1.82, 2.24) is 9.03 Å². The Morgan fingerprint density at radius 1 is 0.818 bits per heavy atom. The van der Waals surface area contributed by atoms with E-state index in [1.54, 1.807) is 48.5 Å². The first kappa shape index (κ1) is 24.6. The Labute approximate surface area is 193 Å². The Kier molecular flexibility index (Phi) is 7.65. The molecule has 0 aliphatic heterocycles. The summed E-state index contributed by atoms with van der Waals surface area (Å²) in [6, 6.07) is 22.0. The van der Waals surface area contributed by atoms with Gasteiger partial charge in [0.2, 0.25) is 20.0 Å². The molecule has 174 valence electrons. The fourth-order valence-corrected chi connectivity index (χ4v) is 4.89. The molecular weight excluding hydrogens is 464 g/mol. The summed E-state index contributed by atoms with van der Waals surface area (Å²) in [6.45, 7) is -0.180. The van der Waals surface area contributed by atoms with Gasteiger partial charge in [0.15, 0.2) is 0 Å². The maximum absolute atomic E-state index is 12.8. The van der Waals surface area contributed by atoms with Gasteiger partial charge in [0.1, 0.15) is 6.10 Å². The summed E-state index contributed by atoms with van der Waals surface area (Å²) in [4.78, 5) is 12.9. The van der Waals surface area contributed by atoms with Gasteiger partial charge >= 0.3 is 5.97 Å². The van der Waals surface area contributed by atoms with E-state index in [-0.39, 0.29) is 21.9 Å². The lowest BCUT2D eigenvalue weighted by molar-refractivity contribution is 0.0308. The second-order valence-corrected chi connectivity index (χ2v) is 11.2. The third-order valence-corrected chi connectivity index (χ3v) is 8.07. The molecule has 3 rings (SSSR count). The number of esters is 1. The molecule has 0 bridgehead atoms. The van der Waals surface area contributed by atoms with E-state index in [1.807, 2.05) is 0 Å². The Morgan fingerprint density at radius 2 is 1.36 bits per heavy atom. The van der Waals surface area contributed by atoms with E-state index < -0.39 is 32.1 Å². The van der Waals surface area contributed by atoms with E-state index in [0.717, 1.165) is 4.31 Å². The van der Waals surface area contributed by atoms with Crippen LogP contribution in [0, 0.1) is 0 Å². The van der Waals surface area contributed by atoms with Crippen molar-refractivity contribution in [2.24, 2.45) is 0 Å². The van der Waals surface area contributed by atoms with Crippen LogP contribution in [0.5, 0.6) is 0 Å². The molecule has 0 heterocycles. The first-order chi connectivity index (χ1) is 15.6. The van der Waals surface area contributed by atoms with Gasteiger partial charge < -0.3 is 4.74 Å². The minimum atomic E-state index is -3.81. The fraction of sp³-hybridized carbons (Fsp3) is 0.174. The lowest BCUT2D eigenvalue weighted by Gasteiger charge is -2.19. The second-order valence-electron chi connectivity index (χ2n) is 7.28. The van der Waals surface area contributed by atoms with Crippen molar-refractivity contribution in [1.29, 1.82) is 0 Å². The number of carbonyl (C=O) groups excluding carboxylic acids is 1. The molecular formula is C23H24N2O6S2. The first-order valence-corrected chi connectivity index (χ1v) is 12.9. The standard InChI is InChI=1S/C23H24N2O6S2/c1-25(2)33(29,30)21-15-13-19(14-16-21)23(26)31-22(18-9-5-3-6-10-18)17-24-32(27,28)20-11-7-4-8-12-20/h3-16,22,24H,17H2,1-2H3/t22-/m0/s1. The molecule has 33 heavy (non-hydrogen) atoms. The van der Waals surface area contributed by atoms with Crippen LogP contribution < -0.4 is 4.72 Å². The Morgan fingerprint density at radius 3 is 1.91 bits per heavy atom. The summed E-state index contributed by atoms with van der Waals surface area (Å²) < 4.78 is 58.8. The van der Waals surface area contributed by atoms with Crippen LogP contribution in [-0.2, 0) is 24.8 Å². The molecule has 0 aliphatic rings. The van der Waals surface area contributed by atoms with Gasteiger partial charge in [-0.3, -0.25) is 0 Å². The fourth-order valence-electron chi connectivity index (χ4n) is 2.93. The van der Waals surface area contributed by atoms with Gasteiger partial charge in [0.25, 0.3) is 0 Å². The van der Waals surface area contributed by atoms with E-state index in [2.05, 4.69) is 4.72 Å². The van der Waals surface area contributed by atoms with E-state index in [9.17, 15) is 21.6 Å². The molecule has 0 aliphatic carbocycles. The molecule has 0 amide bonds. The van der Waals surface area contributed by atoms with Crippen LogP contribution in [-0.4, -0.2) is 47.8 Å². The highest BCUT2D eigenvalue weighted by molar-refractivity contribution is 7.89. The molecule has 1 atom stereocenters. The monoisotopic (exact) mass is 488 g/mol. The molecule has 0 unspecified atom stereocenters. The molecule has 0 aromatic heterocycles. The van der Waals surface area contributed by atoms with Crippen molar-refractivity contribution in [2.75, 3.05) is 20.6 Å². The van der Waals surface area contributed by atoms with Crippen molar-refractivity contribution >= 4 is 26.0 Å². The highest BCUT2D eigenvalue weighted by Crippen LogP contribution is 2.21. The van der Waals surface area contributed by atoms with E-state index in [1.165, 1.54) is 50.5 Å². The molecule has 10 heteroatoms. The number of rotatable bonds is 9. The summed E-state index contributed by atoms with van der Waals surface area (Å²) in [5.74, 6) is -0.712. The number of ether oxygens (including phenoxy) is 1. The van der Waals surface area contributed by atoms with Gasteiger partial charge in [-0.15, -0.1) is 0 Å². The van der Waals surface area contributed by atoms with Crippen molar-refractivity contribution in [3.63, 3.8) is 0 Å². The maximum atomic E-state index is 12.8. The minimum absolute atomic E-state index is 0.0410. The van der Waals surface area contributed by atoms with E-state index >= 15 is 0 Å². The van der Waals surface area contributed by atoms with Crippen molar-refractivity contribution in [2.45, 2.75) is 15.9 Å². The summed E-state index contributed by atoms with van der Waals surface area (Å²) >= 11 is 0. The number of hydrogen-bond acceptors (Lipinski definition) is 6. The molecule has 1 N–H and O–H groups in total. The van der Waals surface area contributed by atoms with Crippen LogP contribution >= 0.6 is 0 Å². The summed E-state index contributed by atoms with van der Waals surface area (Å²) in [7, 11) is -4.61. The summed E-state index contributed by atoms with van der Waals surface area (Å²) in [5, 5.41) is 0. The largest absolute Gasteiger partial charge is 0.452 e. The number of carbonyl (C=O) groups is 1. The van der Waals surface area contributed by atoms with Gasteiger partial charge in [-0.05, 0) is 42.0 Å². The molecule has 0 saturated carbocycles. The van der Waals surface area contributed by atoms with Gasteiger partial charge in [0, 0.05) is 14.1 Å². The third-order valence-electron chi connectivity index (χ3n) is 4.80. The zero-order valence-corrected chi connectivity index (χ0v) is 19.7. The van der Waals surface area contributed by atoms with Crippen LogP contribution in [0.25, 0.3) is 0 Å². The highest BCUT2D eigenvalue weighted by atomic mass is 32.2. The third kappa shape index (κ3) is 6.05.